The van der Waals surface area contributed by atoms with Gasteiger partial charge in [0.2, 0.25) is 0 Å². The SMILES string of the molecule is COc1cccc(N(C)CCC(C)(C)C#N)c1. The molecule has 0 radical (unpaired) electrons. The third kappa shape index (κ3) is 3.99. The van der Waals surface area contributed by atoms with E-state index in [4.69, 9.17) is 10.00 Å². The third-order valence-electron chi connectivity index (χ3n) is 2.87. The minimum absolute atomic E-state index is 0.271. The zero-order valence-electron chi connectivity index (χ0n) is 11.0. The van der Waals surface area contributed by atoms with Gasteiger partial charge in [-0.1, -0.05) is 6.07 Å². The molecule has 0 amide bonds. The number of hydrogen-bond donors (Lipinski definition) is 0. The van der Waals surface area contributed by atoms with E-state index < -0.39 is 0 Å². The molecule has 0 aliphatic heterocycles. The minimum Gasteiger partial charge on any atom is -0.497 e. The van der Waals surface area contributed by atoms with Gasteiger partial charge in [-0.2, -0.15) is 5.26 Å². The maximum Gasteiger partial charge on any atom is 0.120 e. The molecule has 0 saturated carbocycles. The van der Waals surface area contributed by atoms with Gasteiger partial charge in [0, 0.05) is 25.3 Å². The number of rotatable bonds is 5. The standard InChI is InChI=1S/C14H20N2O/c1-14(2,11-15)8-9-16(3)12-6-5-7-13(10-12)17-4/h5-7,10H,8-9H2,1-4H3. The molecule has 1 rings (SSSR count). The van der Waals surface area contributed by atoms with E-state index in [2.05, 4.69) is 11.0 Å². The molecule has 0 aromatic heterocycles. The Balaban J connectivity index is 2.64. The zero-order valence-corrected chi connectivity index (χ0v) is 11.0. The lowest BCUT2D eigenvalue weighted by molar-refractivity contribution is 0.414. The number of benzene rings is 1. The Morgan fingerprint density at radius 3 is 2.71 bits per heavy atom. The highest BCUT2D eigenvalue weighted by Crippen LogP contribution is 2.23. The van der Waals surface area contributed by atoms with Crippen molar-refractivity contribution in [2.45, 2.75) is 20.3 Å². The van der Waals surface area contributed by atoms with E-state index in [9.17, 15) is 0 Å². The second-order valence-corrected chi connectivity index (χ2v) is 4.87. The quantitative estimate of drug-likeness (QED) is 0.782. The number of hydrogen-bond acceptors (Lipinski definition) is 3. The number of nitriles is 1. The van der Waals surface area contributed by atoms with Gasteiger partial charge in [-0.3, -0.25) is 0 Å². The molecular formula is C14H20N2O. The summed E-state index contributed by atoms with van der Waals surface area (Å²) in [7, 11) is 3.69. The maximum atomic E-state index is 8.97. The molecule has 0 atom stereocenters. The molecule has 92 valence electrons. The highest BCUT2D eigenvalue weighted by molar-refractivity contribution is 5.50. The summed E-state index contributed by atoms with van der Waals surface area (Å²) < 4.78 is 5.19. The van der Waals surface area contributed by atoms with Gasteiger partial charge in [-0.15, -0.1) is 0 Å². The summed E-state index contributed by atoms with van der Waals surface area (Å²) in [5.41, 5.74) is 0.839. The van der Waals surface area contributed by atoms with Crippen molar-refractivity contribution >= 4 is 5.69 Å². The van der Waals surface area contributed by atoms with Crippen LogP contribution in [-0.4, -0.2) is 20.7 Å². The van der Waals surface area contributed by atoms with Gasteiger partial charge >= 0.3 is 0 Å². The molecule has 0 heterocycles. The average Bonchev–Trinajstić information content (AvgIpc) is 2.36. The Kier molecular flexibility index (Phi) is 4.39. The van der Waals surface area contributed by atoms with Crippen LogP contribution in [0.5, 0.6) is 5.75 Å². The van der Waals surface area contributed by atoms with Gasteiger partial charge < -0.3 is 9.64 Å². The van der Waals surface area contributed by atoms with Gasteiger partial charge in [0.05, 0.1) is 18.6 Å². The number of methoxy groups -OCH3 is 1. The van der Waals surface area contributed by atoms with Crippen LogP contribution in [-0.2, 0) is 0 Å². The van der Waals surface area contributed by atoms with Crippen LogP contribution in [0.2, 0.25) is 0 Å². The first-order chi connectivity index (χ1) is 7.98. The fraction of sp³-hybridized carbons (Fsp3) is 0.500. The summed E-state index contributed by atoms with van der Waals surface area (Å²) in [6.07, 6.45) is 0.844. The molecule has 0 fully saturated rings. The van der Waals surface area contributed by atoms with Gasteiger partial charge in [0.25, 0.3) is 0 Å². The van der Waals surface area contributed by atoms with E-state index in [0.717, 1.165) is 24.4 Å². The second-order valence-electron chi connectivity index (χ2n) is 4.87. The Morgan fingerprint density at radius 1 is 1.41 bits per heavy atom. The molecule has 1 aromatic carbocycles. The van der Waals surface area contributed by atoms with E-state index in [1.54, 1.807) is 7.11 Å². The highest BCUT2D eigenvalue weighted by Gasteiger charge is 2.17. The number of ether oxygens (including phenoxy) is 1. The van der Waals surface area contributed by atoms with Crippen molar-refractivity contribution in [3.63, 3.8) is 0 Å². The molecule has 0 N–H and O–H groups in total. The lowest BCUT2D eigenvalue weighted by Crippen LogP contribution is -2.23. The molecule has 17 heavy (non-hydrogen) atoms. The second kappa shape index (κ2) is 5.58. The van der Waals surface area contributed by atoms with E-state index >= 15 is 0 Å². The predicted molar refractivity (Wildman–Crippen MR) is 70.3 cm³/mol. The monoisotopic (exact) mass is 232 g/mol. The van der Waals surface area contributed by atoms with Crippen molar-refractivity contribution < 1.29 is 4.74 Å². The highest BCUT2D eigenvalue weighted by atomic mass is 16.5. The third-order valence-corrected chi connectivity index (χ3v) is 2.87. The topological polar surface area (TPSA) is 36.3 Å². The van der Waals surface area contributed by atoms with Gasteiger partial charge in [-0.25, -0.2) is 0 Å². The molecule has 0 spiro atoms. The van der Waals surface area contributed by atoms with Crippen LogP contribution < -0.4 is 9.64 Å². The van der Waals surface area contributed by atoms with Crippen LogP contribution >= 0.6 is 0 Å². The number of nitrogens with zero attached hydrogens (tertiary/aromatic N) is 2. The Labute approximate surface area is 104 Å². The van der Waals surface area contributed by atoms with Crippen molar-refractivity contribution in [2.24, 2.45) is 5.41 Å². The smallest absolute Gasteiger partial charge is 0.120 e. The van der Waals surface area contributed by atoms with Crippen LogP contribution in [0, 0.1) is 16.7 Å². The molecular weight excluding hydrogens is 212 g/mol. The predicted octanol–water partition coefficient (Wildman–Crippen LogP) is 3.07. The summed E-state index contributed by atoms with van der Waals surface area (Å²) in [5, 5.41) is 8.97. The first-order valence-corrected chi connectivity index (χ1v) is 5.75. The van der Waals surface area contributed by atoms with Crippen molar-refractivity contribution in [3.8, 4) is 11.8 Å². The zero-order chi connectivity index (χ0) is 12.9. The summed E-state index contributed by atoms with van der Waals surface area (Å²) in [6, 6.07) is 10.3. The molecule has 0 bridgehead atoms. The first-order valence-electron chi connectivity index (χ1n) is 5.75. The van der Waals surface area contributed by atoms with Crippen LogP contribution in [0.1, 0.15) is 20.3 Å². The molecule has 0 aliphatic rings. The molecule has 0 saturated heterocycles. The van der Waals surface area contributed by atoms with Crippen LogP contribution in [0.4, 0.5) is 5.69 Å². The molecule has 0 aliphatic carbocycles. The number of anilines is 1. The van der Waals surface area contributed by atoms with E-state index in [0.29, 0.717) is 0 Å². The van der Waals surface area contributed by atoms with Crippen LogP contribution in [0.3, 0.4) is 0 Å². The Morgan fingerprint density at radius 2 is 2.12 bits per heavy atom. The largest absolute Gasteiger partial charge is 0.497 e. The Hall–Kier alpha value is -1.69. The minimum atomic E-state index is -0.271. The Bertz CT molecular complexity index is 407. The van der Waals surface area contributed by atoms with E-state index in [1.165, 1.54) is 0 Å². The van der Waals surface area contributed by atoms with E-state index in [-0.39, 0.29) is 5.41 Å². The van der Waals surface area contributed by atoms with E-state index in [1.807, 2.05) is 45.2 Å². The molecule has 3 heteroatoms. The maximum absolute atomic E-state index is 8.97. The van der Waals surface area contributed by atoms with Crippen LogP contribution in [0.25, 0.3) is 0 Å². The fourth-order valence-corrected chi connectivity index (χ4v) is 1.48. The molecule has 1 aromatic rings. The van der Waals surface area contributed by atoms with Crippen molar-refractivity contribution in [2.75, 3.05) is 25.6 Å². The van der Waals surface area contributed by atoms with Gasteiger partial charge in [0.1, 0.15) is 5.75 Å². The van der Waals surface area contributed by atoms with Crippen molar-refractivity contribution in [1.82, 2.24) is 0 Å². The van der Waals surface area contributed by atoms with Gasteiger partial charge in [-0.05, 0) is 32.4 Å². The van der Waals surface area contributed by atoms with Crippen molar-refractivity contribution in [1.29, 1.82) is 5.26 Å². The van der Waals surface area contributed by atoms with Gasteiger partial charge in [0.15, 0.2) is 0 Å². The fourth-order valence-electron chi connectivity index (χ4n) is 1.48. The van der Waals surface area contributed by atoms with Crippen LogP contribution in [0.15, 0.2) is 24.3 Å². The summed E-state index contributed by atoms with van der Waals surface area (Å²) in [6.45, 7) is 4.78. The normalized spacial score (nSPS) is 10.8. The summed E-state index contributed by atoms with van der Waals surface area (Å²) >= 11 is 0. The summed E-state index contributed by atoms with van der Waals surface area (Å²) in [5.74, 6) is 0.855. The molecule has 3 nitrogen and oxygen atoms in total. The molecule has 0 unspecified atom stereocenters. The lowest BCUT2D eigenvalue weighted by atomic mass is 9.91. The average molecular weight is 232 g/mol. The summed E-state index contributed by atoms with van der Waals surface area (Å²) in [4.78, 5) is 2.14. The van der Waals surface area contributed by atoms with Crippen molar-refractivity contribution in [3.05, 3.63) is 24.3 Å². The lowest BCUT2D eigenvalue weighted by Gasteiger charge is -2.23. The first kappa shape index (κ1) is 13.4.